The van der Waals surface area contributed by atoms with Gasteiger partial charge in [0.05, 0.1) is 13.2 Å². The number of rotatable bonds is 4. The lowest BCUT2D eigenvalue weighted by Gasteiger charge is -2.23. The first-order valence-electron chi connectivity index (χ1n) is 7.37. The molecule has 1 fully saturated rings. The van der Waals surface area contributed by atoms with Crippen LogP contribution in [0, 0.1) is 0 Å². The lowest BCUT2D eigenvalue weighted by molar-refractivity contribution is 0.395. The lowest BCUT2D eigenvalue weighted by atomic mass is 9.96. The van der Waals surface area contributed by atoms with Crippen molar-refractivity contribution in [2.45, 2.75) is 44.7 Å². The zero-order valence-electron chi connectivity index (χ0n) is 12.5. The molecule has 0 saturated heterocycles. The fourth-order valence-corrected chi connectivity index (χ4v) is 2.67. The van der Waals surface area contributed by atoms with E-state index in [9.17, 15) is 0 Å². The Labute approximate surface area is 121 Å². The molecule has 0 radical (unpaired) electrons. The van der Waals surface area contributed by atoms with Gasteiger partial charge in [0.25, 0.3) is 0 Å². The molecule has 2 rings (SSSR count). The van der Waals surface area contributed by atoms with Gasteiger partial charge in [-0.3, -0.25) is 0 Å². The molecule has 4 nitrogen and oxygen atoms in total. The third kappa shape index (κ3) is 3.89. The molecule has 0 bridgehead atoms. The zero-order valence-corrected chi connectivity index (χ0v) is 12.5. The van der Waals surface area contributed by atoms with Gasteiger partial charge in [0, 0.05) is 19.2 Å². The molecule has 0 atom stereocenters. The summed E-state index contributed by atoms with van der Waals surface area (Å²) in [6.07, 6.45) is 6.23. The second-order valence-electron chi connectivity index (χ2n) is 5.45. The van der Waals surface area contributed by atoms with Crippen LogP contribution in [0.5, 0.6) is 5.75 Å². The zero-order chi connectivity index (χ0) is 14.4. The van der Waals surface area contributed by atoms with Crippen molar-refractivity contribution in [1.82, 2.24) is 4.90 Å². The highest BCUT2D eigenvalue weighted by molar-refractivity contribution is 5.78. The fourth-order valence-electron chi connectivity index (χ4n) is 2.67. The smallest absolute Gasteiger partial charge is 0.191 e. The largest absolute Gasteiger partial charge is 0.496 e. The number of methoxy groups -OCH3 is 1. The van der Waals surface area contributed by atoms with E-state index in [1.807, 2.05) is 30.1 Å². The van der Waals surface area contributed by atoms with Crippen LogP contribution in [0.2, 0.25) is 0 Å². The summed E-state index contributed by atoms with van der Waals surface area (Å²) in [5, 5.41) is 0. The van der Waals surface area contributed by atoms with Gasteiger partial charge >= 0.3 is 0 Å². The second kappa shape index (κ2) is 7.17. The molecule has 0 aromatic heterocycles. The molecule has 1 saturated carbocycles. The Bertz CT molecular complexity index is 453. The standard InChI is InChI=1S/C16H25N3O/c1-19(12-13-8-6-7-11-15(13)20-2)16(17)18-14-9-4-3-5-10-14/h6-8,11,14H,3-5,9-10,12H2,1-2H3,(H2,17,18). The molecule has 2 N–H and O–H groups in total. The van der Waals surface area contributed by atoms with Crippen LogP contribution in [0.3, 0.4) is 0 Å². The van der Waals surface area contributed by atoms with Crippen LogP contribution in [0.4, 0.5) is 0 Å². The number of nitrogens with two attached hydrogens (primary N) is 1. The molecule has 1 aliphatic rings. The van der Waals surface area contributed by atoms with Crippen LogP contribution in [-0.4, -0.2) is 31.1 Å². The minimum Gasteiger partial charge on any atom is -0.496 e. The van der Waals surface area contributed by atoms with Gasteiger partial charge < -0.3 is 15.4 Å². The van der Waals surface area contributed by atoms with Crippen LogP contribution < -0.4 is 10.5 Å². The van der Waals surface area contributed by atoms with Gasteiger partial charge in [-0.1, -0.05) is 37.5 Å². The van der Waals surface area contributed by atoms with Crippen LogP contribution in [0.1, 0.15) is 37.7 Å². The van der Waals surface area contributed by atoms with E-state index in [1.165, 1.54) is 32.1 Å². The highest BCUT2D eigenvalue weighted by Gasteiger charge is 2.14. The van der Waals surface area contributed by atoms with Crippen molar-refractivity contribution in [3.05, 3.63) is 29.8 Å². The molecule has 0 heterocycles. The number of hydrogen-bond acceptors (Lipinski definition) is 2. The predicted molar refractivity (Wildman–Crippen MR) is 83.0 cm³/mol. The first kappa shape index (κ1) is 14.7. The quantitative estimate of drug-likeness (QED) is 0.679. The van der Waals surface area contributed by atoms with Crippen molar-refractivity contribution in [1.29, 1.82) is 0 Å². The predicted octanol–water partition coefficient (Wildman–Crippen LogP) is 2.77. The number of guanidine groups is 1. The monoisotopic (exact) mass is 275 g/mol. The number of hydrogen-bond donors (Lipinski definition) is 1. The summed E-state index contributed by atoms with van der Waals surface area (Å²) in [6.45, 7) is 0.714. The molecule has 1 aromatic carbocycles. The summed E-state index contributed by atoms with van der Waals surface area (Å²) in [5.74, 6) is 1.52. The Morgan fingerprint density at radius 1 is 1.30 bits per heavy atom. The van der Waals surface area contributed by atoms with E-state index in [2.05, 4.69) is 11.1 Å². The highest BCUT2D eigenvalue weighted by Crippen LogP contribution is 2.21. The topological polar surface area (TPSA) is 50.9 Å². The average Bonchev–Trinajstić information content (AvgIpc) is 2.48. The van der Waals surface area contributed by atoms with Crippen LogP contribution >= 0.6 is 0 Å². The molecule has 20 heavy (non-hydrogen) atoms. The first-order valence-corrected chi connectivity index (χ1v) is 7.37. The van der Waals surface area contributed by atoms with E-state index in [0.717, 1.165) is 11.3 Å². The third-order valence-electron chi connectivity index (χ3n) is 3.88. The fraction of sp³-hybridized carbons (Fsp3) is 0.562. The van der Waals surface area contributed by atoms with Gasteiger partial charge in [0.1, 0.15) is 5.75 Å². The molecule has 0 spiro atoms. The Kier molecular flexibility index (Phi) is 5.27. The van der Waals surface area contributed by atoms with Crippen molar-refractivity contribution in [2.75, 3.05) is 14.2 Å². The van der Waals surface area contributed by atoms with E-state index in [0.29, 0.717) is 18.5 Å². The number of benzene rings is 1. The molecule has 0 aliphatic heterocycles. The summed E-state index contributed by atoms with van der Waals surface area (Å²) in [6, 6.07) is 8.42. The van der Waals surface area contributed by atoms with Crippen molar-refractivity contribution in [3.63, 3.8) is 0 Å². The molecule has 4 heteroatoms. The Balaban J connectivity index is 1.99. The Morgan fingerprint density at radius 3 is 2.70 bits per heavy atom. The first-order chi connectivity index (χ1) is 9.70. The van der Waals surface area contributed by atoms with E-state index in [-0.39, 0.29) is 0 Å². The van der Waals surface area contributed by atoms with Gasteiger partial charge in [-0.25, -0.2) is 4.99 Å². The van der Waals surface area contributed by atoms with Gasteiger partial charge in [-0.15, -0.1) is 0 Å². The molecule has 1 aliphatic carbocycles. The van der Waals surface area contributed by atoms with Crippen molar-refractivity contribution < 1.29 is 4.74 Å². The summed E-state index contributed by atoms with van der Waals surface area (Å²) in [5.41, 5.74) is 7.25. The maximum absolute atomic E-state index is 6.12. The van der Waals surface area contributed by atoms with Crippen LogP contribution in [0.15, 0.2) is 29.3 Å². The minimum atomic E-state index is 0.406. The number of nitrogens with zero attached hydrogens (tertiary/aromatic N) is 2. The van der Waals surface area contributed by atoms with Crippen molar-refractivity contribution >= 4 is 5.96 Å². The molecular weight excluding hydrogens is 250 g/mol. The second-order valence-corrected chi connectivity index (χ2v) is 5.45. The summed E-state index contributed by atoms with van der Waals surface area (Å²) < 4.78 is 5.37. The third-order valence-corrected chi connectivity index (χ3v) is 3.88. The van der Waals surface area contributed by atoms with E-state index < -0.39 is 0 Å². The molecule has 110 valence electrons. The van der Waals surface area contributed by atoms with Gasteiger partial charge in [0.15, 0.2) is 5.96 Å². The SMILES string of the molecule is COc1ccccc1CN(C)C(N)=NC1CCCCC1. The van der Waals surface area contributed by atoms with Gasteiger partial charge in [-0.2, -0.15) is 0 Å². The van der Waals surface area contributed by atoms with Gasteiger partial charge in [0.2, 0.25) is 0 Å². The summed E-state index contributed by atoms with van der Waals surface area (Å²) in [7, 11) is 3.67. The number of ether oxygens (including phenoxy) is 1. The summed E-state index contributed by atoms with van der Waals surface area (Å²) >= 11 is 0. The van der Waals surface area contributed by atoms with Gasteiger partial charge in [-0.05, 0) is 18.9 Å². The molecular formula is C16H25N3O. The van der Waals surface area contributed by atoms with E-state index >= 15 is 0 Å². The molecule has 0 unspecified atom stereocenters. The van der Waals surface area contributed by atoms with Crippen LogP contribution in [0.25, 0.3) is 0 Å². The summed E-state index contributed by atoms with van der Waals surface area (Å²) in [4.78, 5) is 6.66. The van der Waals surface area contributed by atoms with E-state index in [4.69, 9.17) is 10.5 Å². The maximum atomic E-state index is 6.12. The Hall–Kier alpha value is -1.71. The number of para-hydroxylation sites is 1. The highest BCUT2D eigenvalue weighted by atomic mass is 16.5. The van der Waals surface area contributed by atoms with Crippen LogP contribution in [-0.2, 0) is 6.54 Å². The molecule has 1 aromatic rings. The Morgan fingerprint density at radius 2 is 2.00 bits per heavy atom. The van der Waals surface area contributed by atoms with E-state index in [1.54, 1.807) is 7.11 Å². The molecule has 0 amide bonds. The lowest BCUT2D eigenvalue weighted by Crippen LogP contribution is -2.35. The average molecular weight is 275 g/mol. The van der Waals surface area contributed by atoms with Crippen molar-refractivity contribution in [3.8, 4) is 5.75 Å². The maximum Gasteiger partial charge on any atom is 0.191 e. The minimum absolute atomic E-state index is 0.406. The normalized spacial score (nSPS) is 17.0. The van der Waals surface area contributed by atoms with Crippen molar-refractivity contribution in [2.24, 2.45) is 10.7 Å². The number of aliphatic imine (C=N–C) groups is 1.